The minimum atomic E-state index is -0.740. The highest BCUT2D eigenvalue weighted by atomic mass is 19.1. The highest BCUT2D eigenvalue weighted by Crippen LogP contribution is 2.32. The van der Waals surface area contributed by atoms with Gasteiger partial charge in [0, 0.05) is 30.1 Å². The monoisotopic (exact) mass is 449 g/mol. The van der Waals surface area contributed by atoms with Crippen molar-refractivity contribution in [3.05, 3.63) is 35.1 Å². The predicted octanol–water partition coefficient (Wildman–Crippen LogP) is -3.78. The van der Waals surface area contributed by atoms with Crippen molar-refractivity contribution in [3.8, 4) is 11.3 Å². The molecule has 0 saturated carbocycles. The van der Waals surface area contributed by atoms with Crippen LogP contribution in [0.5, 0.6) is 0 Å². The number of aromatic amines is 1. The summed E-state index contributed by atoms with van der Waals surface area (Å²) in [6, 6.07) is 1.48. The second-order valence-corrected chi connectivity index (χ2v) is 8.68. The Kier molecular flexibility index (Phi) is 6.12. The fourth-order valence-corrected chi connectivity index (χ4v) is 4.63. The quantitative estimate of drug-likeness (QED) is 0.351. The van der Waals surface area contributed by atoms with Gasteiger partial charge < -0.3 is 15.6 Å². The molecule has 4 rings (SSSR count). The average molecular weight is 449 g/mol. The van der Waals surface area contributed by atoms with Crippen LogP contribution in [0, 0.1) is 17.5 Å². The third-order valence-electron chi connectivity index (χ3n) is 6.70. The van der Waals surface area contributed by atoms with Gasteiger partial charge in [0.25, 0.3) is 0 Å². The predicted molar refractivity (Wildman–Crippen MR) is 134 cm³/mol. The van der Waals surface area contributed by atoms with E-state index in [4.69, 9.17) is 0 Å². The first kappa shape index (κ1) is 23.1. The van der Waals surface area contributed by atoms with Gasteiger partial charge in [-0.2, -0.15) is 0 Å². The maximum atomic E-state index is 14.6. The first-order valence-corrected chi connectivity index (χ1v) is 10.9. The summed E-state index contributed by atoms with van der Waals surface area (Å²) in [5.41, 5.74) is 4.31. The number of hydrogen-bond donors (Lipinski definition) is 3. The Labute approximate surface area is 192 Å². The maximum Gasteiger partial charge on any atom is 0.242 e. The van der Waals surface area contributed by atoms with E-state index in [2.05, 4.69) is 15.6 Å². The zero-order chi connectivity index (χ0) is 24.0. The number of benzene rings is 2. The van der Waals surface area contributed by atoms with Crippen LogP contribution in [0.15, 0.2) is 12.1 Å². The largest absolute Gasteiger partial charge is 0.354 e. The Morgan fingerprint density at radius 1 is 1.06 bits per heavy atom. The van der Waals surface area contributed by atoms with Crippen molar-refractivity contribution in [2.45, 2.75) is 25.3 Å². The lowest BCUT2D eigenvalue weighted by molar-refractivity contribution is -0.127. The molecule has 0 spiro atoms. The van der Waals surface area contributed by atoms with Crippen molar-refractivity contribution in [2.24, 2.45) is 0 Å². The van der Waals surface area contributed by atoms with Crippen molar-refractivity contribution >= 4 is 76.0 Å². The SMILES string of the molecule is Bc1c(B)c(-c2[nH]c3c(F)cc(F)cc3c2CCC(=O)N[C@H]2CCNC2=O)c(B)c(B)c1F. The molecule has 1 aliphatic heterocycles. The number of aromatic nitrogens is 1. The van der Waals surface area contributed by atoms with Gasteiger partial charge in [0.05, 0.1) is 5.52 Å². The third-order valence-corrected chi connectivity index (χ3v) is 6.70. The molecule has 5 nitrogen and oxygen atoms in total. The molecule has 1 atom stereocenters. The molecule has 166 valence electrons. The van der Waals surface area contributed by atoms with Gasteiger partial charge in [-0.15, -0.1) is 0 Å². The Balaban J connectivity index is 1.80. The van der Waals surface area contributed by atoms with Gasteiger partial charge in [0.1, 0.15) is 54.9 Å². The average Bonchev–Trinajstić information content (AvgIpc) is 3.33. The van der Waals surface area contributed by atoms with E-state index < -0.39 is 17.7 Å². The van der Waals surface area contributed by atoms with E-state index in [9.17, 15) is 22.8 Å². The van der Waals surface area contributed by atoms with Gasteiger partial charge in [-0.1, -0.05) is 21.9 Å². The number of H-pyrrole nitrogens is 1. The molecule has 2 heterocycles. The molecule has 0 unspecified atom stereocenters. The molecule has 1 saturated heterocycles. The zero-order valence-electron chi connectivity index (χ0n) is 19.0. The Hall–Kier alpha value is -3.03. The molecule has 33 heavy (non-hydrogen) atoms. The molecule has 2 aromatic carbocycles. The van der Waals surface area contributed by atoms with Gasteiger partial charge in [0.15, 0.2) is 0 Å². The highest BCUT2D eigenvalue weighted by molar-refractivity contribution is 6.59. The standard InChI is InChI=1S/C21H22B4F3N3O2/c22-14-13(15(23)17(25)18(28)16(14)24)20-8(9-5-7(26)6-10(27)19(9)31-20)1-2-12(32)30-11-3-4-29-21(11)33/h5-6,11,31H,1-4,22-25H2,(H,29,33)(H,30,32)/t11-/m0/s1. The Morgan fingerprint density at radius 2 is 1.73 bits per heavy atom. The van der Waals surface area contributed by atoms with Crippen LogP contribution < -0.4 is 32.5 Å². The lowest BCUT2D eigenvalue weighted by Crippen LogP contribution is -2.46. The molecule has 3 N–H and O–H groups in total. The molecule has 0 bridgehead atoms. The lowest BCUT2D eigenvalue weighted by Gasteiger charge is -2.18. The number of carbonyl (C=O) groups is 2. The van der Waals surface area contributed by atoms with Crippen LogP contribution in [0.1, 0.15) is 18.4 Å². The van der Waals surface area contributed by atoms with E-state index in [-0.39, 0.29) is 36.0 Å². The van der Waals surface area contributed by atoms with E-state index in [0.717, 1.165) is 6.07 Å². The summed E-state index contributed by atoms with van der Waals surface area (Å²) in [5.74, 6) is -2.30. The first-order chi connectivity index (χ1) is 15.6. The van der Waals surface area contributed by atoms with Gasteiger partial charge in [-0.05, 0) is 30.0 Å². The number of nitrogens with one attached hydrogen (secondary N) is 3. The van der Waals surface area contributed by atoms with Crippen molar-refractivity contribution in [1.29, 1.82) is 0 Å². The number of carbonyl (C=O) groups excluding carboxylic acids is 2. The maximum absolute atomic E-state index is 14.6. The van der Waals surface area contributed by atoms with E-state index in [0.29, 0.717) is 57.0 Å². The van der Waals surface area contributed by atoms with Crippen molar-refractivity contribution in [1.82, 2.24) is 15.6 Å². The van der Waals surface area contributed by atoms with E-state index in [1.165, 1.54) is 6.07 Å². The van der Waals surface area contributed by atoms with E-state index in [1.807, 2.05) is 0 Å². The summed E-state index contributed by atoms with van der Waals surface area (Å²) in [5, 5.41) is 5.72. The van der Waals surface area contributed by atoms with Gasteiger partial charge >= 0.3 is 0 Å². The zero-order valence-corrected chi connectivity index (χ0v) is 19.0. The summed E-state index contributed by atoms with van der Waals surface area (Å²) in [4.78, 5) is 27.4. The number of halogens is 3. The molecule has 1 aromatic heterocycles. The fourth-order valence-electron chi connectivity index (χ4n) is 4.63. The van der Waals surface area contributed by atoms with Gasteiger partial charge in [-0.3, -0.25) is 9.59 Å². The van der Waals surface area contributed by atoms with Crippen LogP contribution in [0.3, 0.4) is 0 Å². The van der Waals surface area contributed by atoms with Crippen LogP contribution in [-0.4, -0.2) is 60.8 Å². The minimum absolute atomic E-state index is 0.0269. The van der Waals surface area contributed by atoms with Gasteiger partial charge in [-0.25, -0.2) is 13.2 Å². The number of hydrogen-bond acceptors (Lipinski definition) is 2. The summed E-state index contributed by atoms with van der Waals surface area (Å²) < 4.78 is 43.4. The number of fused-ring (bicyclic) bond motifs is 1. The third kappa shape index (κ3) is 4.07. The lowest BCUT2D eigenvalue weighted by atomic mass is 9.66. The number of amides is 2. The van der Waals surface area contributed by atoms with Crippen molar-refractivity contribution in [2.75, 3.05) is 6.54 Å². The summed E-state index contributed by atoms with van der Waals surface area (Å²) in [6.07, 6.45) is 0.734. The van der Waals surface area contributed by atoms with Crippen LogP contribution >= 0.6 is 0 Å². The molecule has 1 aliphatic rings. The normalized spacial score (nSPS) is 15.7. The Morgan fingerprint density at radius 3 is 2.33 bits per heavy atom. The molecule has 0 radical (unpaired) electrons. The van der Waals surface area contributed by atoms with E-state index >= 15 is 0 Å². The van der Waals surface area contributed by atoms with Crippen LogP contribution in [0.25, 0.3) is 22.2 Å². The second-order valence-electron chi connectivity index (χ2n) is 8.68. The van der Waals surface area contributed by atoms with Crippen LogP contribution in [0.4, 0.5) is 13.2 Å². The van der Waals surface area contributed by atoms with Crippen molar-refractivity contribution in [3.63, 3.8) is 0 Å². The first-order valence-electron chi connectivity index (χ1n) is 10.9. The topological polar surface area (TPSA) is 74.0 Å². The molecule has 12 heteroatoms. The number of aryl methyl sites for hydroxylation is 1. The summed E-state index contributed by atoms with van der Waals surface area (Å²) >= 11 is 0. The Bertz CT molecular complexity index is 1280. The van der Waals surface area contributed by atoms with Crippen LogP contribution in [0.2, 0.25) is 0 Å². The molecular weight excluding hydrogens is 426 g/mol. The minimum Gasteiger partial charge on any atom is -0.354 e. The highest BCUT2D eigenvalue weighted by Gasteiger charge is 2.26. The smallest absolute Gasteiger partial charge is 0.242 e. The van der Waals surface area contributed by atoms with E-state index in [1.54, 1.807) is 31.4 Å². The molecule has 3 aromatic rings. The molecule has 1 fully saturated rings. The molecule has 2 amide bonds. The fraction of sp³-hybridized carbons (Fsp3) is 0.238. The second kappa shape index (κ2) is 8.72. The molecule has 0 aliphatic carbocycles. The van der Waals surface area contributed by atoms with Gasteiger partial charge in [0.2, 0.25) is 11.8 Å². The summed E-state index contributed by atoms with van der Waals surface area (Å²) in [7, 11) is 6.95. The summed E-state index contributed by atoms with van der Waals surface area (Å²) in [6.45, 7) is 0.511. The number of rotatable bonds is 5. The molecular formula is C21H22B4F3N3O2. The van der Waals surface area contributed by atoms with Crippen LogP contribution in [-0.2, 0) is 16.0 Å². The van der Waals surface area contributed by atoms with Crippen molar-refractivity contribution < 1.29 is 22.8 Å².